The van der Waals surface area contributed by atoms with Crippen LogP contribution in [0.1, 0.15) is 10.4 Å². The summed E-state index contributed by atoms with van der Waals surface area (Å²) in [6, 6.07) is 4.16. The third-order valence-corrected chi connectivity index (χ3v) is 3.53. The Morgan fingerprint density at radius 1 is 0.952 bits per heavy atom. The second kappa shape index (κ2) is 6.05. The number of rotatable bonds is 2. The van der Waals surface area contributed by atoms with Gasteiger partial charge in [-0.15, -0.1) is 0 Å². The number of carbonyl (C=O) groups excluding carboxylic acids is 1. The van der Waals surface area contributed by atoms with Crippen LogP contribution in [-0.2, 0) is 0 Å². The van der Waals surface area contributed by atoms with Crippen molar-refractivity contribution in [2.24, 2.45) is 0 Å². The van der Waals surface area contributed by atoms with Gasteiger partial charge in [-0.25, -0.2) is 8.78 Å². The summed E-state index contributed by atoms with van der Waals surface area (Å²) >= 11 is 17.4. The number of hydrogen-bond donors (Lipinski definition) is 2. The molecule has 0 aliphatic rings. The highest BCUT2D eigenvalue weighted by Crippen LogP contribution is 2.31. The maximum atomic E-state index is 13.2. The van der Waals surface area contributed by atoms with Crippen molar-refractivity contribution in [2.75, 3.05) is 11.1 Å². The summed E-state index contributed by atoms with van der Waals surface area (Å²) in [6.07, 6.45) is 0. The first-order chi connectivity index (χ1) is 9.79. The molecule has 3 N–H and O–H groups in total. The first kappa shape index (κ1) is 15.8. The van der Waals surface area contributed by atoms with E-state index in [-0.39, 0.29) is 32.0 Å². The second-order valence-electron chi connectivity index (χ2n) is 4.05. The van der Waals surface area contributed by atoms with Crippen LogP contribution >= 0.6 is 34.8 Å². The number of anilines is 2. The average molecular weight is 352 g/mol. The molecule has 0 saturated carbocycles. The van der Waals surface area contributed by atoms with E-state index >= 15 is 0 Å². The van der Waals surface area contributed by atoms with E-state index in [1.807, 2.05) is 0 Å². The van der Waals surface area contributed by atoms with Crippen LogP contribution in [0.2, 0.25) is 15.1 Å². The molecule has 2 aromatic rings. The van der Waals surface area contributed by atoms with Crippen molar-refractivity contribution in [1.29, 1.82) is 0 Å². The number of amides is 1. The lowest BCUT2D eigenvalue weighted by atomic mass is 10.2. The minimum atomic E-state index is -1.18. The Kier molecular flexibility index (Phi) is 4.56. The molecule has 0 atom stereocenters. The lowest BCUT2D eigenvalue weighted by Crippen LogP contribution is -2.13. The maximum absolute atomic E-state index is 13.2. The van der Waals surface area contributed by atoms with Crippen molar-refractivity contribution >= 4 is 52.1 Å². The third-order valence-electron chi connectivity index (χ3n) is 2.59. The molecule has 0 spiro atoms. The topological polar surface area (TPSA) is 55.1 Å². The average Bonchev–Trinajstić information content (AvgIpc) is 2.40. The van der Waals surface area contributed by atoms with E-state index in [4.69, 9.17) is 40.5 Å². The smallest absolute Gasteiger partial charge is 0.257 e. The van der Waals surface area contributed by atoms with Crippen LogP contribution in [0.3, 0.4) is 0 Å². The standard InChI is InChI=1S/C13H7Cl3F2N2O/c14-7-4-11(18)10(17)3-6(7)13(21)20-5-1-8(15)12(19)9(16)2-5/h1-4H,19H2,(H,20,21). The van der Waals surface area contributed by atoms with E-state index in [2.05, 4.69) is 5.32 Å². The molecule has 0 aromatic heterocycles. The molecule has 0 aliphatic carbocycles. The Morgan fingerprint density at radius 3 is 2.05 bits per heavy atom. The van der Waals surface area contributed by atoms with Crippen molar-refractivity contribution < 1.29 is 13.6 Å². The number of halogens is 5. The van der Waals surface area contributed by atoms with Crippen LogP contribution in [0, 0.1) is 11.6 Å². The van der Waals surface area contributed by atoms with E-state index in [0.29, 0.717) is 6.07 Å². The van der Waals surface area contributed by atoms with Crippen molar-refractivity contribution in [3.63, 3.8) is 0 Å². The number of hydrogen-bond acceptors (Lipinski definition) is 2. The van der Waals surface area contributed by atoms with Gasteiger partial charge in [0.15, 0.2) is 11.6 Å². The van der Waals surface area contributed by atoms with Crippen molar-refractivity contribution in [2.45, 2.75) is 0 Å². The molecule has 1 amide bonds. The molecule has 0 fully saturated rings. The first-order valence-corrected chi connectivity index (χ1v) is 6.63. The van der Waals surface area contributed by atoms with Gasteiger partial charge < -0.3 is 11.1 Å². The number of carbonyl (C=O) groups is 1. The van der Waals surface area contributed by atoms with Crippen molar-refractivity contribution in [1.82, 2.24) is 0 Å². The Balaban J connectivity index is 2.32. The highest BCUT2D eigenvalue weighted by molar-refractivity contribution is 6.39. The zero-order valence-electron chi connectivity index (χ0n) is 10.2. The molecular formula is C13H7Cl3F2N2O. The van der Waals surface area contributed by atoms with Gasteiger partial charge in [0.05, 0.1) is 26.3 Å². The summed E-state index contributed by atoms with van der Waals surface area (Å²) in [5.74, 6) is -3.07. The van der Waals surface area contributed by atoms with Gasteiger partial charge >= 0.3 is 0 Å². The zero-order chi connectivity index (χ0) is 15.7. The number of benzene rings is 2. The molecule has 0 bridgehead atoms. The molecule has 2 rings (SSSR count). The summed E-state index contributed by atoms with van der Waals surface area (Å²) in [7, 11) is 0. The fourth-order valence-corrected chi connectivity index (χ4v) is 2.27. The lowest BCUT2D eigenvalue weighted by Gasteiger charge is -2.09. The van der Waals surface area contributed by atoms with Crippen LogP contribution in [-0.4, -0.2) is 5.91 Å². The summed E-state index contributed by atoms with van der Waals surface area (Å²) < 4.78 is 26.1. The highest BCUT2D eigenvalue weighted by Gasteiger charge is 2.16. The van der Waals surface area contributed by atoms with E-state index in [1.54, 1.807) is 0 Å². The molecule has 0 saturated heterocycles. The minimum Gasteiger partial charge on any atom is -0.396 e. The zero-order valence-corrected chi connectivity index (χ0v) is 12.5. The van der Waals surface area contributed by atoms with E-state index < -0.39 is 17.5 Å². The van der Waals surface area contributed by atoms with Crippen molar-refractivity contribution in [3.8, 4) is 0 Å². The molecule has 0 unspecified atom stereocenters. The lowest BCUT2D eigenvalue weighted by molar-refractivity contribution is 0.102. The van der Waals surface area contributed by atoms with Crippen LogP contribution < -0.4 is 11.1 Å². The Bertz CT molecular complexity index is 715. The predicted octanol–water partition coefficient (Wildman–Crippen LogP) is 4.76. The maximum Gasteiger partial charge on any atom is 0.257 e. The highest BCUT2D eigenvalue weighted by atomic mass is 35.5. The Morgan fingerprint density at radius 2 is 1.48 bits per heavy atom. The number of nitrogen functional groups attached to an aromatic ring is 1. The summed E-state index contributed by atoms with van der Waals surface area (Å²) in [5, 5.41) is 2.49. The Hall–Kier alpha value is -1.56. The van der Waals surface area contributed by atoms with Gasteiger partial charge in [-0.3, -0.25) is 4.79 Å². The fourth-order valence-electron chi connectivity index (χ4n) is 1.55. The largest absolute Gasteiger partial charge is 0.396 e. The third kappa shape index (κ3) is 3.37. The predicted molar refractivity (Wildman–Crippen MR) is 80.2 cm³/mol. The molecule has 3 nitrogen and oxygen atoms in total. The van der Waals surface area contributed by atoms with Crippen molar-refractivity contribution in [3.05, 3.63) is 56.5 Å². The molecule has 110 valence electrons. The summed E-state index contributed by atoms with van der Waals surface area (Å²) in [6.45, 7) is 0. The van der Waals surface area contributed by atoms with Gasteiger partial charge in [0, 0.05) is 5.69 Å². The van der Waals surface area contributed by atoms with Crippen LogP contribution in [0.15, 0.2) is 24.3 Å². The van der Waals surface area contributed by atoms with Gasteiger partial charge in [0.1, 0.15) is 0 Å². The SMILES string of the molecule is Nc1c(Cl)cc(NC(=O)c2cc(F)c(F)cc2Cl)cc1Cl. The monoisotopic (exact) mass is 350 g/mol. The molecule has 0 aliphatic heterocycles. The van der Waals surface area contributed by atoms with Gasteiger partial charge in [0.25, 0.3) is 5.91 Å². The van der Waals surface area contributed by atoms with E-state index in [9.17, 15) is 13.6 Å². The van der Waals surface area contributed by atoms with Crippen LogP contribution in [0.5, 0.6) is 0 Å². The van der Waals surface area contributed by atoms with Crippen LogP contribution in [0.4, 0.5) is 20.2 Å². The quantitative estimate of drug-likeness (QED) is 0.605. The molecular weight excluding hydrogens is 345 g/mol. The second-order valence-corrected chi connectivity index (χ2v) is 5.28. The van der Waals surface area contributed by atoms with E-state index in [1.165, 1.54) is 12.1 Å². The van der Waals surface area contributed by atoms with Gasteiger partial charge in [0.2, 0.25) is 0 Å². The van der Waals surface area contributed by atoms with Gasteiger partial charge in [-0.05, 0) is 24.3 Å². The van der Waals surface area contributed by atoms with Gasteiger partial charge in [-0.2, -0.15) is 0 Å². The molecule has 0 heterocycles. The fraction of sp³-hybridized carbons (Fsp3) is 0. The molecule has 21 heavy (non-hydrogen) atoms. The first-order valence-electron chi connectivity index (χ1n) is 5.50. The summed E-state index contributed by atoms with van der Waals surface area (Å²) in [4.78, 5) is 12.0. The van der Waals surface area contributed by atoms with Crippen LogP contribution in [0.25, 0.3) is 0 Å². The normalized spacial score (nSPS) is 10.5. The summed E-state index contributed by atoms with van der Waals surface area (Å²) in [5.41, 5.74) is 5.75. The number of nitrogens with one attached hydrogen (secondary N) is 1. The molecule has 2 aromatic carbocycles. The molecule has 0 radical (unpaired) electrons. The minimum absolute atomic E-state index is 0.147. The van der Waals surface area contributed by atoms with E-state index in [0.717, 1.165) is 6.07 Å². The number of nitrogens with two attached hydrogens (primary N) is 1. The molecule has 8 heteroatoms. The Labute approximate surface area is 133 Å². The van der Waals surface area contributed by atoms with Gasteiger partial charge in [-0.1, -0.05) is 34.8 Å².